The number of nitrogens with zero attached hydrogens (tertiary/aromatic N) is 1. The SMILES string of the molecule is c1cncc(NCc2cccc3c2NCCC3)c1. The summed E-state index contributed by atoms with van der Waals surface area (Å²) >= 11 is 0. The number of hydrogen-bond donors (Lipinski definition) is 2. The summed E-state index contributed by atoms with van der Waals surface area (Å²) in [5.41, 5.74) is 5.15. The molecule has 0 atom stereocenters. The van der Waals surface area contributed by atoms with Crippen LogP contribution >= 0.6 is 0 Å². The summed E-state index contributed by atoms with van der Waals surface area (Å²) in [5.74, 6) is 0. The fourth-order valence-corrected chi connectivity index (χ4v) is 2.39. The molecule has 0 spiro atoms. The van der Waals surface area contributed by atoms with E-state index in [0.717, 1.165) is 18.8 Å². The third-order valence-corrected chi connectivity index (χ3v) is 3.31. The molecule has 1 aliphatic heterocycles. The molecule has 1 aromatic carbocycles. The lowest BCUT2D eigenvalue weighted by atomic mass is 9.99. The molecule has 0 unspecified atom stereocenters. The minimum Gasteiger partial charge on any atom is -0.385 e. The third-order valence-electron chi connectivity index (χ3n) is 3.31. The van der Waals surface area contributed by atoms with Gasteiger partial charge in [-0.3, -0.25) is 4.98 Å². The zero-order valence-electron chi connectivity index (χ0n) is 10.3. The molecule has 0 saturated carbocycles. The average Bonchev–Trinajstić information content (AvgIpc) is 2.46. The zero-order valence-corrected chi connectivity index (χ0v) is 10.3. The summed E-state index contributed by atoms with van der Waals surface area (Å²) in [6, 6.07) is 10.5. The molecule has 0 radical (unpaired) electrons. The molecular formula is C15H17N3. The van der Waals surface area contributed by atoms with Gasteiger partial charge in [0.15, 0.2) is 0 Å². The summed E-state index contributed by atoms with van der Waals surface area (Å²) in [7, 11) is 0. The summed E-state index contributed by atoms with van der Waals surface area (Å²) in [4.78, 5) is 4.11. The van der Waals surface area contributed by atoms with Crippen molar-refractivity contribution in [2.75, 3.05) is 17.2 Å². The quantitative estimate of drug-likeness (QED) is 0.864. The van der Waals surface area contributed by atoms with E-state index in [1.165, 1.54) is 29.7 Å². The van der Waals surface area contributed by atoms with Crippen molar-refractivity contribution in [1.82, 2.24) is 4.98 Å². The van der Waals surface area contributed by atoms with Crippen LogP contribution in [-0.2, 0) is 13.0 Å². The highest BCUT2D eigenvalue weighted by atomic mass is 14.9. The molecule has 3 heteroatoms. The van der Waals surface area contributed by atoms with E-state index in [1.807, 2.05) is 18.3 Å². The molecule has 3 nitrogen and oxygen atoms in total. The average molecular weight is 239 g/mol. The van der Waals surface area contributed by atoms with Crippen molar-refractivity contribution >= 4 is 11.4 Å². The molecule has 2 heterocycles. The van der Waals surface area contributed by atoms with Crippen LogP contribution < -0.4 is 10.6 Å². The molecule has 0 aliphatic carbocycles. The maximum absolute atomic E-state index is 4.11. The highest BCUT2D eigenvalue weighted by Gasteiger charge is 2.11. The predicted molar refractivity (Wildman–Crippen MR) is 74.8 cm³/mol. The van der Waals surface area contributed by atoms with E-state index in [2.05, 4.69) is 33.8 Å². The first-order valence-electron chi connectivity index (χ1n) is 6.42. The number of anilines is 2. The van der Waals surface area contributed by atoms with Crippen LogP contribution in [0, 0.1) is 0 Å². The second-order valence-corrected chi connectivity index (χ2v) is 4.58. The Hall–Kier alpha value is -2.03. The van der Waals surface area contributed by atoms with Gasteiger partial charge in [0.25, 0.3) is 0 Å². The standard InChI is InChI=1S/C15H17N3/c1-4-12-6-2-9-17-15(12)13(5-1)10-18-14-7-3-8-16-11-14/h1,3-5,7-8,11,17-18H,2,6,9-10H2. The van der Waals surface area contributed by atoms with E-state index >= 15 is 0 Å². The molecule has 18 heavy (non-hydrogen) atoms. The topological polar surface area (TPSA) is 37.0 Å². The zero-order chi connectivity index (χ0) is 12.2. The van der Waals surface area contributed by atoms with Gasteiger partial charge in [-0.1, -0.05) is 18.2 Å². The molecule has 0 bridgehead atoms. The maximum Gasteiger partial charge on any atom is 0.0529 e. The molecule has 1 aliphatic rings. The summed E-state index contributed by atoms with van der Waals surface area (Å²) < 4.78 is 0. The highest BCUT2D eigenvalue weighted by molar-refractivity contribution is 5.60. The number of aryl methyl sites for hydroxylation is 1. The monoisotopic (exact) mass is 239 g/mol. The van der Waals surface area contributed by atoms with Crippen molar-refractivity contribution in [2.24, 2.45) is 0 Å². The number of benzene rings is 1. The van der Waals surface area contributed by atoms with Gasteiger partial charge in [-0.25, -0.2) is 0 Å². The Balaban J connectivity index is 1.77. The van der Waals surface area contributed by atoms with Crippen LogP contribution in [0.3, 0.4) is 0 Å². The van der Waals surface area contributed by atoms with Gasteiger partial charge < -0.3 is 10.6 Å². The van der Waals surface area contributed by atoms with Gasteiger partial charge in [0, 0.05) is 31.2 Å². The molecule has 2 aromatic rings. The number of para-hydroxylation sites is 1. The fraction of sp³-hybridized carbons (Fsp3) is 0.267. The molecule has 0 saturated heterocycles. The largest absolute Gasteiger partial charge is 0.385 e. The summed E-state index contributed by atoms with van der Waals surface area (Å²) in [6.45, 7) is 1.92. The van der Waals surface area contributed by atoms with E-state index in [4.69, 9.17) is 0 Å². The summed E-state index contributed by atoms with van der Waals surface area (Å²) in [6.07, 6.45) is 6.05. The second-order valence-electron chi connectivity index (χ2n) is 4.58. The number of nitrogens with one attached hydrogen (secondary N) is 2. The van der Waals surface area contributed by atoms with Crippen molar-refractivity contribution in [2.45, 2.75) is 19.4 Å². The van der Waals surface area contributed by atoms with Crippen LogP contribution in [0.5, 0.6) is 0 Å². The van der Waals surface area contributed by atoms with Crippen LogP contribution in [0.1, 0.15) is 17.5 Å². The second kappa shape index (κ2) is 5.08. The minimum atomic E-state index is 0.835. The van der Waals surface area contributed by atoms with Crippen LogP contribution in [-0.4, -0.2) is 11.5 Å². The number of fused-ring (bicyclic) bond motifs is 1. The van der Waals surface area contributed by atoms with E-state index in [-0.39, 0.29) is 0 Å². The van der Waals surface area contributed by atoms with Crippen molar-refractivity contribution < 1.29 is 0 Å². The Labute approximate surface area is 107 Å². The Bertz CT molecular complexity index is 523. The first-order valence-corrected chi connectivity index (χ1v) is 6.42. The van der Waals surface area contributed by atoms with E-state index in [0.29, 0.717) is 0 Å². The molecule has 0 amide bonds. The molecular weight excluding hydrogens is 222 g/mol. The smallest absolute Gasteiger partial charge is 0.0529 e. The first kappa shape index (κ1) is 11.1. The number of rotatable bonds is 3. The van der Waals surface area contributed by atoms with E-state index in [1.54, 1.807) is 6.20 Å². The Morgan fingerprint density at radius 2 is 2.22 bits per heavy atom. The number of pyridine rings is 1. The molecule has 3 rings (SSSR count). The molecule has 92 valence electrons. The van der Waals surface area contributed by atoms with Crippen molar-refractivity contribution in [3.05, 3.63) is 53.9 Å². The van der Waals surface area contributed by atoms with Gasteiger partial charge in [0.05, 0.1) is 5.69 Å². The minimum absolute atomic E-state index is 0.835. The van der Waals surface area contributed by atoms with Gasteiger partial charge in [-0.05, 0) is 36.1 Å². The third kappa shape index (κ3) is 2.30. The van der Waals surface area contributed by atoms with Gasteiger partial charge in [-0.15, -0.1) is 0 Å². The van der Waals surface area contributed by atoms with E-state index in [9.17, 15) is 0 Å². The molecule has 2 N–H and O–H groups in total. The van der Waals surface area contributed by atoms with Crippen LogP contribution in [0.2, 0.25) is 0 Å². The van der Waals surface area contributed by atoms with Crippen LogP contribution in [0.25, 0.3) is 0 Å². The Kier molecular flexibility index (Phi) is 3.13. The van der Waals surface area contributed by atoms with Crippen molar-refractivity contribution in [3.8, 4) is 0 Å². The number of hydrogen-bond acceptors (Lipinski definition) is 3. The molecule has 1 aromatic heterocycles. The lowest BCUT2D eigenvalue weighted by Gasteiger charge is -2.21. The highest BCUT2D eigenvalue weighted by Crippen LogP contribution is 2.26. The van der Waals surface area contributed by atoms with Crippen LogP contribution in [0.4, 0.5) is 11.4 Å². The Morgan fingerprint density at radius 1 is 1.22 bits per heavy atom. The van der Waals surface area contributed by atoms with Crippen molar-refractivity contribution in [3.63, 3.8) is 0 Å². The van der Waals surface area contributed by atoms with Gasteiger partial charge in [0.2, 0.25) is 0 Å². The van der Waals surface area contributed by atoms with Gasteiger partial charge >= 0.3 is 0 Å². The fourth-order valence-electron chi connectivity index (χ4n) is 2.39. The van der Waals surface area contributed by atoms with Gasteiger partial charge in [0.1, 0.15) is 0 Å². The molecule has 0 fully saturated rings. The van der Waals surface area contributed by atoms with Gasteiger partial charge in [-0.2, -0.15) is 0 Å². The lowest BCUT2D eigenvalue weighted by molar-refractivity contribution is 0.825. The van der Waals surface area contributed by atoms with Crippen LogP contribution in [0.15, 0.2) is 42.7 Å². The first-order chi connectivity index (χ1) is 8.93. The number of aromatic nitrogens is 1. The predicted octanol–water partition coefficient (Wildman–Crippen LogP) is 3.05. The normalized spacial score (nSPS) is 13.6. The lowest BCUT2D eigenvalue weighted by Crippen LogP contribution is -2.14. The van der Waals surface area contributed by atoms with Crippen molar-refractivity contribution in [1.29, 1.82) is 0 Å². The Morgan fingerprint density at radius 3 is 3.11 bits per heavy atom. The summed E-state index contributed by atoms with van der Waals surface area (Å²) in [5, 5.41) is 6.92. The van der Waals surface area contributed by atoms with E-state index < -0.39 is 0 Å². The maximum atomic E-state index is 4.11.